The molecule has 8 heteroatoms. The van der Waals surface area contributed by atoms with Crippen molar-refractivity contribution in [2.24, 2.45) is 0 Å². The molecule has 0 spiro atoms. The summed E-state index contributed by atoms with van der Waals surface area (Å²) in [7, 11) is -3.44. The molecule has 0 aromatic heterocycles. The van der Waals surface area contributed by atoms with Gasteiger partial charge in [0.2, 0.25) is 0 Å². The molecule has 0 saturated heterocycles. The van der Waals surface area contributed by atoms with E-state index in [2.05, 4.69) is 163 Å². The van der Waals surface area contributed by atoms with Gasteiger partial charge >= 0.3 is 17.2 Å². The highest BCUT2D eigenvalue weighted by Gasteiger charge is 2.31. The Labute approximate surface area is 482 Å². The van der Waals surface area contributed by atoms with E-state index in [0.717, 1.165) is 85.5 Å². The van der Waals surface area contributed by atoms with Gasteiger partial charge in [-0.2, -0.15) is 0 Å². The van der Waals surface area contributed by atoms with Crippen LogP contribution >= 0.6 is 17.2 Å². The van der Waals surface area contributed by atoms with Gasteiger partial charge in [0.1, 0.15) is 23.0 Å². The Bertz CT molecular complexity index is 2040. The minimum atomic E-state index is -1.72. The van der Waals surface area contributed by atoms with E-state index in [4.69, 9.17) is 27.1 Å². The van der Waals surface area contributed by atoms with E-state index in [-0.39, 0.29) is 16.7 Å². The Hall–Kier alpha value is -3.14. The van der Waals surface area contributed by atoms with Crippen LogP contribution in [0.5, 0.6) is 23.0 Å². The predicted octanol–water partition coefficient (Wildman–Crippen LogP) is 23.8. The number of unbranched alkanes of at least 4 members (excludes halogenated alkanes) is 20. The number of hydrogen-bond acceptors (Lipinski definition) is 6. The molecule has 4 rings (SSSR count). The van der Waals surface area contributed by atoms with Crippen LogP contribution in [0.2, 0.25) is 0 Å². The summed E-state index contributed by atoms with van der Waals surface area (Å²) in [6.45, 7) is 30.9. The molecule has 0 saturated carbocycles. The average molecular weight is 1110 g/mol. The Morgan fingerprint density at radius 2 is 0.692 bits per heavy atom. The molecule has 0 aliphatic carbocycles. The van der Waals surface area contributed by atoms with Crippen LogP contribution in [0.3, 0.4) is 0 Å². The number of benzene rings is 4. The third-order valence-electron chi connectivity index (χ3n) is 15.3. The smallest absolute Gasteiger partial charge is 0.418 e. The highest BCUT2D eigenvalue weighted by atomic mass is 31.2. The average Bonchev–Trinajstić information content (AvgIpc) is 3.48. The van der Waals surface area contributed by atoms with E-state index < -0.39 is 17.2 Å². The second kappa shape index (κ2) is 37.8. The minimum Gasteiger partial charge on any atom is -0.418 e. The van der Waals surface area contributed by atoms with E-state index in [1.807, 2.05) is 0 Å². The topological polar surface area (TPSA) is 55.4 Å². The third-order valence-corrected chi connectivity index (χ3v) is 17.5. The lowest BCUT2D eigenvalue weighted by Crippen LogP contribution is -2.17. The Morgan fingerprint density at radius 3 is 1.01 bits per heavy atom. The van der Waals surface area contributed by atoms with E-state index >= 15 is 0 Å². The lowest BCUT2D eigenvalue weighted by atomic mass is 9.76. The van der Waals surface area contributed by atoms with Crippen molar-refractivity contribution in [2.45, 2.75) is 287 Å². The van der Waals surface area contributed by atoms with Gasteiger partial charge in [0.25, 0.3) is 0 Å². The summed E-state index contributed by atoms with van der Waals surface area (Å²) in [6.07, 6.45) is 34.2. The fourth-order valence-corrected chi connectivity index (χ4v) is 12.5. The number of aryl methyl sites for hydroxylation is 4. The van der Waals surface area contributed by atoms with Crippen molar-refractivity contribution < 1.29 is 27.1 Å². The standard InChI is InChI=1S/C70H112O6P2/c1-14-19-23-27-31-35-40-58-42-46-60(47-43-58)73-77(71-50-37-33-29-25-21-16-3)75-67-52-56(6)63(54-65(67)69(8,9)10)62(39-18-5)64-55-66(70(11,12)13)68(53-57(64)7)76-78(72-51-38-34-30-26-22-17-4)74-61-48-44-59(45-49-61)41-36-32-28-24-20-15-2/h42-49,52-55,62H,14-41,50-51H2,1-13H3. The third kappa shape index (κ3) is 25.3. The molecule has 0 aliphatic heterocycles. The van der Waals surface area contributed by atoms with Crippen molar-refractivity contribution in [3.05, 3.63) is 117 Å². The first kappa shape index (κ1) is 67.4. The Kier molecular flexibility index (Phi) is 32.6. The molecule has 0 fully saturated rings. The van der Waals surface area contributed by atoms with Crippen LogP contribution in [0.25, 0.3) is 0 Å². The van der Waals surface area contributed by atoms with Gasteiger partial charge in [-0.3, -0.25) is 9.05 Å². The molecule has 78 heavy (non-hydrogen) atoms. The van der Waals surface area contributed by atoms with Crippen molar-refractivity contribution in [2.75, 3.05) is 13.2 Å². The first-order valence-electron chi connectivity index (χ1n) is 31.7. The number of hydrogen-bond donors (Lipinski definition) is 0. The summed E-state index contributed by atoms with van der Waals surface area (Å²) >= 11 is 0. The fourth-order valence-electron chi connectivity index (χ4n) is 10.4. The van der Waals surface area contributed by atoms with Crippen molar-refractivity contribution >= 4 is 17.2 Å². The molecule has 2 atom stereocenters. The molecule has 0 aliphatic rings. The summed E-state index contributed by atoms with van der Waals surface area (Å²) in [5.41, 5.74) is 9.68. The van der Waals surface area contributed by atoms with Gasteiger partial charge in [0.05, 0.1) is 13.2 Å². The van der Waals surface area contributed by atoms with Crippen molar-refractivity contribution in [3.63, 3.8) is 0 Å². The van der Waals surface area contributed by atoms with Gasteiger partial charge in [-0.25, -0.2) is 0 Å². The second-order valence-electron chi connectivity index (χ2n) is 24.6. The zero-order chi connectivity index (χ0) is 56.6. The van der Waals surface area contributed by atoms with Crippen LogP contribution in [0.4, 0.5) is 0 Å². The van der Waals surface area contributed by atoms with Crippen LogP contribution in [-0.2, 0) is 32.7 Å². The summed E-state index contributed by atoms with van der Waals surface area (Å²) in [4.78, 5) is 0. The summed E-state index contributed by atoms with van der Waals surface area (Å²) in [5.74, 6) is 3.42. The molecule has 2 unspecified atom stereocenters. The van der Waals surface area contributed by atoms with Crippen LogP contribution in [-0.4, -0.2) is 13.2 Å². The Balaban J connectivity index is 1.65. The summed E-state index contributed by atoms with van der Waals surface area (Å²) < 4.78 is 40.5. The van der Waals surface area contributed by atoms with Gasteiger partial charge in [-0.1, -0.05) is 247 Å². The minimum absolute atomic E-state index is 0.161. The highest BCUT2D eigenvalue weighted by Crippen LogP contribution is 2.50. The molecule has 4 aromatic carbocycles. The van der Waals surface area contributed by atoms with Gasteiger partial charge in [0, 0.05) is 17.0 Å². The maximum absolute atomic E-state index is 7.00. The Morgan fingerprint density at radius 1 is 0.372 bits per heavy atom. The summed E-state index contributed by atoms with van der Waals surface area (Å²) in [5, 5.41) is 0. The molecule has 0 radical (unpaired) electrons. The van der Waals surface area contributed by atoms with E-state index in [9.17, 15) is 0 Å². The molecular formula is C70H112O6P2. The fraction of sp³-hybridized carbons (Fsp3) is 0.657. The number of rotatable bonds is 42. The van der Waals surface area contributed by atoms with Gasteiger partial charge < -0.3 is 18.1 Å². The molecule has 0 bridgehead atoms. The first-order valence-corrected chi connectivity index (χ1v) is 33.9. The van der Waals surface area contributed by atoms with Crippen LogP contribution in [0.15, 0.2) is 72.8 Å². The monoisotopic (exact) mass is 1110 g/mol. The van der Waals surface area contributed by atoms with E-state index in [1.54, 1.807) is 0 Å². The van der Waals surface area contributed by atoms with Crippen LogP contribution < -0.4 is 18.1 Å². The first-order chi connectivity index (χ1) is 37.6. The molecule has 4 aromatic rings. The normalized spacial score (nSPS) is 13.1. The SMILES string of the molecule is CCCCCCCCOP(Oc1ccc(CCCCCCCC)cc1)Oc1cc(C)c(C(CCC)c2cc(C(C)(C)C)c(OP(OCCCCCCCC)Oc3ccc(CCCCCCCC)cc3)cc2C)cc1C(C)(C)C. The highest BCUT2D eigenvalue weighted by molar-refractivity contribution is 7.42. The van der Waals surface area contributed by atoms with Gasteiger partial charge in [-0.05, 0) is 139 Å². The molecule has 0 amide bonds. The van der Waals surface area contributed by atoms with E-state index in [1.165, 1.54) is 162 Å². The molecule has 438 valence electrons. The summed E-state index contributed by atoms with van der Waals surface area (Å²) in [6, 6.07) is 26.7. The zero-order valence-corrected chi connectivity index (χ0v) is 53.9. The second-order valence-corrected chi connectivity index (χ2v) is 26.7. The quantitative estimate of drug-likeness (QED) is 0.0326. The predicted molar refractivity (Wildman–Crippen MR) is 339 cm³/mol. The zero-order valence-electron chi connectivity index (χ0n) is 52.1. The van der Waals surface area contributed by atoms with Crippen molar-refractivity contribution in [1.29, 1.82) is 0 Å². The largest absolute Gasteiger partial charge is 0.463 e. The molecule has 0 heterocycles. The van der Waals surface area contributed by atoms with Gasteiger partial charge in [0.15, 0.2) is 0 Å². The lowest BCUT2D eigenvalue weighted by molar-refractivity contribution is 0.256. The van der Waals surface area contributed by atoms with E-state index in [0.29, 0.717) is 13.2 Å². The molecule has 6 nitrogen and oxygen atoms in total. The van der Waals surface area contributed by atoms with Crippen LogP contribution in [0.1, 0.15) is 294 Å². The maximum Gasteiger partial charge on any atom is 0.463 e. The molecule has 0 N–H and O–H groups in total. The van der Waals surface area contributed by atoms with Gasteiger partial charge in [-0.15, -0.1) is 0 Å². The van der Waals surface area contributed by atoms with Crippen molar-refractivity contribution in [3.8, 4) is 23.0 Å². The van der Waals surface area contributed by atoms with Crippen molar-refractivity contribution in [1.82, 2.24) is 0 Å². The molecular weight excluding hydrogens is 999 g/mol. The maximum atomic E-state index is 7.00. The lowest BCUT2D eigenvalue weighted by Gasteiger charge is -2.31. The van der Waals surface area contributed by atoms with Crippen LogP contribution in [0, 0.1) is 13.8 Å².